The summed E-state index contributed by atoms with van der Waals surface area (Å²) in [5.74, 6) is 1.20. The predicted octanol–water partition coefficient (Wildman–Crippen LogP) is -0.211. The number of hydrogen-bond acceptors (Lipinski definition) is 5. The van der Waals surface area contributed by atoms with Crippen LogP contribution < -0.4 is 10.6 Å². The molecule has 6 heteroatoms. The normalized spacial score (nSPS) is 15.1. The van der Waals surface area contributed by atoms with Gasteiger partial charge in [0.1, 0.15) is 0 Å². The van der Waals surface area contributed by atoms with Crippen molar-refractivity contribution in [1.29, 1.82) is 0 Å². The highest BCUT2D eigenvalue weighted by atomic mass is 16.5. The number of aromatic nitrogens is 2. The monoisotopic (exact) mass is 224 g/mol. The first-order chi connectivity index (χ1) is 7.74. The molecule has 0 atom stereocenters. The van der Waals surface area contributed by atoms with E-state index < -0.39 is 0 Å². The van der Waals surface area contributed by atoms with Gasteiger partial charge in [0.25, 0.3) is 0 Å². The highest BCUT2D eigenvalue weighted by molar-refractivity contribution is 5.78. The average molecular weight is 224 g/mol. The van der Waals surface area contributed by atoms with Crippen molar-refractivity contribution in [3.05, 3.63) is 11.7 Å². The van der Waals surface area contributed by atoms with Gasteiger partial charge in [-0.1, -0.05) is 5.16 Å². The molecule has 0 radical (unpaired) electrons. The van der Waals surface area contributed by atoms with Crippen molar-refractivity contribution >= 4 is 5.91 Å². The third kappa shape index (κ3) is 3.62. The number of rotatable bonds is 6. The van der Waals surface area contributed by atoms with E-state index in [1.54, 1.807) is 6.92 Å². The zero-order chi connectivity index (χ0) is 11.4. The second-order valence-corrected chi connectivity index (χ2v) is 3.99. The second kappa shape index (κ2) is 5.07. The Bertz CT molecular complexity index is 359. The fraction of sp³-hybridized carbons (Fsp3) is 0.700. The van der Waals surface area contributed by atoms with Crippen molar-refractivity contribution in [1.82, 2.24) is 20.8 Å². The fourth-order valence-corrected chi connectivity index (χ4v) is 1.34. The van der Waals surface area contributed by atoms with Crippen LogP contribution in [-0.2, 0) is 11.2 Å². The molecule has 1 heterocycles. The smallest absolute Gasteiger partial charge is 0.233 e. The minimum absolute atomic E-state index is 0.0168. The Morgan fingerprint density at radius 1 is 1.56 bits per heavy atom. The summed E-state index contributed by atoms with van der Waals surface area (Å²) in [6.07, 6.45) is 2.96. The van der Waals surface area contributed by atoms with Crippen LogP contribution in [0.2, 0.25) is 0 Å². The minimum Gasteiger partial charge on any atom is -0.354 e. The fourth-order valence-electron chi connectivity index (χ4n) is 1.34. The molecule has 0 saturated heterocycles. The summed E-state index contributed by atoms with van der Waals surface area (Å²) in [6.45, 7) is 2.70. The average Bonchev–Trinajstić information content (AvgIpc) is 2.99. The van der Waals surface area contributed by atoms with Crippen LogP contribution in [0, 0.1) is 6.92 Å². The van der Waals surface area contributed by atoms with E-state index in [9.17, 15) is 4.79 Å². The molecule has 0 aromatic carbocycles. The molecule has 1 amide bonds. The Labute approximate surface area is 93.8 Å². The standard InChI is InChI=1S/C10H16N4O2/c1-7-13-10(16-14-7)4-5-11-9(15)6-12-8-2-3-8/h8,12H,2-6H2,1H3,(H,11,15). The lowest BCUT2D eigenvalue weighted by Crippen LogP contribution is -2.35. The number of nitrogens with zero attached hydrogens (tertiary/aromatic N) is 2. The maximum Gasteiger partial charge on any atom is 0.233 e. The van der Waals surface area contributed by atoms with E-state index in [1.807, 2.05) is 0 Å². The van der Waals surface area contributed by atoms with Crippen LogP contribution in [0.5, 0.6) is 0 Å². The van der Waals surface area contributed by atoms with Gasteiger partial charge in [0.05, 0.1) is 6.54 Å². The van der Waals surface area contributed by atoms with E-state index in [1.165, 1.54) is 12.8 Å². The van der Waals surface area contributed by atoms with Gasteiger partial charge in [-0.15, -0.1) is 0 Å². The van der Waals surface area contributed by atoms with Crippen molar-refractivity contribution in [3.8, 4) is 0 Å². The predicted molar refractivity (Wildman–Crippen MR) is 56.8 cm³/mol. The van der Waals surface area contributed by atoms with E-state index >= 15 is 0 Å². The van der Waals surface area contributed by atoms with E-state index in [0.717, 1.165) is 0 Å². The van der Waals surface area contributed by atoms with E-state index in [4.69, 9.17) is 4.52 Å². The molecule has 1 aromatic rings. The Hall–Kier alpha value is -1.43. The lowest BCUT2D eigenvalue weighted by Gasteiger charge is -2.03. The second-order valence-electron chi connectivity index (χ2n) is 3.99. The maximum atomic E-state index is 11.3. The topological polar surface area (TPSA) is 80.0 Å². The summed E-state index contributed by atoms with van der Waals surface area (Å²) in [6, 6.07) is 0.560. The van der Waals surface area contributed by atoms with Crippen LogP contribution in [0.1, 0.15) is 24.6 Å². The summed E-state index contributed by atoms with van der Waals surface area (Å²) in [5, 5.41) is 9.61. The van der Waals surface area contributed by atoms with Gasteiger partial charge in [-0.25, -0.2) is 0 Å². The Kier molecular flexibility index (Phi) is 3.51. The quantitative estimate of drug-likeness (QED) is 0.699. The third-order valence-electron chi connectivity index (χ3n) is 2.36. The number of nitrogens with one attached hydrogen (secondary N) is 2. The zero-order valence-electron chi connectivity index (χ0n) is 9.32. The number of amides is 1. The van der Waals surface area contributed by atoms with Crippen LogP contribution in [0.25, 0.3) is 0 Å². The molecule has 1 saturated carbocycles. The largest absolute Gasteiger partial charge is 0.354 e. The van der Waals surface area contributed by atoms with Gasteiger partial charge >= 0.3 is 0 Å². The molecular formula is C10H16N4O2. The van der Waals surface area contributed by atoms with Gasteiger partial charge in [0.2, 0.25) is 11.8 Å². The van der Waals surface area contributed by atoms with Gasteiger partial charge in [-0.2, -0.15) is 4.98 Å². The summed E-state index contributed by atoms with van der Waals surface area (Å²) in [5.41, 5.74) is 0. The van der Waals surface area contributed by atoms with Gasteiger partial charge in [0.15, 0.2) is 5.82 Å². The van der Waals surface area contributed by atoms with Gasteiger partial charge < -0.3 is 15.2 Å². The van der Waals surface area contributed by atoms with Crippen molar-refractivity contribution in [2.24, 2.45) is 0 Å². The molecule has 2 rings (SSSR count). The minimum atomic E-state index is 0.0168. The Morgan fingerprint density at radius 3 is 3.00 bits per heavy atom. The molecule has 1 fully saturated rings. The molecule has 1 aromatic heterocycles. The molecule has 1 aliphatic carbocycles. The molecule has 1 aliphatic rings. The van der Waals surface area contributed by atoms with Gasteiger partial charge in [-0.3, -0.25) is 4.79 Å². The van der Waals surface area contributed by atoms with Crippen LogP contribution in [-0.4, -0.2) is 35.2 Å². The lowest BCUT2D eigenvalue weighted by molar-refractivity contribution is -0.120. The van der Waals surface area contributed by atoms with E-state index in [2.05, 4.69) is 20.8 Å². The third-order valence-corrected chi connectivity index (χ3v) is 2.36. The van der Waals surface area contributed by atoms with Crippen LogP contribution in [0.3, 0.4) is 0 Å². The first-order valence-corrected chi connectivity index (χ1v) is 5.53. The Balaban J connectivity index is 1.57. The molecule has 0 spiro atoms. The van der Waals surface area contributed by atoms with Gasteiger partial charge in [0, 0.05) is 19.0 Å². The molecule has 16 heavy (non-hydrogen) atoms. The summed E-state index contributed by atoms with van der Waals surface area (Å²) < 4.78 is 4.93. The first kappa shape index (κ1) is 11.1. The van der Waals surface area contributed by atoms with Crippen molar-refractivity contribution in [2.75, 3.05) is 13.1 Å². The van der Waals surface area contributed by atoms with Gasteiger partial charge in [-0.05, 0) is 19.8 Å². The number of hydrogen-bond donors (Lipinski definition) is 2. The van der Waals surface area contributed by atoms with Crippen molar-refractivity contribution in [3.63, 3.8) is 0 Å². The molecule has 0 bridgehead atoms. The number of aryl methyl sites for hydroxylation is 1. The number of carbonyl (C=O) groups is 1. The van der Waals surface area contributed by atoms with Crippen molar-refractivity contribution in [2.45, 2.75) is 32.2 Å². The van der Waals surface area contributed by atoms with Crippen LogP contribution in [0.15, 0.2) is 4.52 Å². The first-order valence-electron chi connectivity index (χ1n) is 5.53. The van der Waals surface area contributed by atoms with Crippen LogP contribution in [0.4, 0.5) is 0 Å². The highest BCUT2D eigenvalue weighted by Gasteiger charge is 2.20. The molecular weight excluding hydrogens is 208 g/mol. The molecule has 2 N–H and O–H groups in total. The number of carbonyl (C=O) groups excluding carboxylic acids is 1. The SMILES string of the molecule is Cc1noc(CCNC(=O)CNC2CC2)n1. The molecule has 6 nitrogen and oxygen atoms in total. The zero-order valence-corrected chi connectivity index (χ0v) is 9.32. The van der Waals surface area contributed by atoms with E-state index in [-0.39, 0.29) is 5.91 Å². The summed E-state index contributed by atoms with van der Waals surface area (Å²) in [7, 11) is 0. The molecule has 88 valence electrons. The molecule has 0 aliphatic heterocycles. The van der Waals surface area contributed by atoms with Crippen molar-refractivity contribution < 1.29 is 9.32 Å². The molecule has 0 unspecified atom stereocenters. The summed E-state index contributed by atoms with van der Waals surface area (Å²) in [4.78, 5) is 15.4. The maximum absolute atomic E-state index is 11.3. The highest BCUT2D eigenvalue weighted by Crippen LogP contribution is 2.17. The summed E-state index contributed by atoms with van der Waals surface area (Å²) >= 11 is 0. The lowest BCUT2D eigenvalue weighted by atomic mass is 10.4. The van der Waals surface area contributed by atoms with E-state index in [0.29, 0.717) is 37.3 Å². The van der Waals surface area contributed by atoms with Crippen LogP contribution >= 0.6 is 0 Å². The Morgan fingerprint density at radius 2 is 2.38 bits per heavy atom.